The van der Waals surface area contributed by atoms with E-state index in [2.05, 4.69) is 6.92 Å². The predicted molar refractivity (Wildman–Crippen MR) is 72.4 cm³/mol. The number of benzene rings is 1. The summed E-state index contributed by atoms with van der Waals surface area (Å²) in [4.78, 5) is 10.9. The second-order valence-electron chi connectivity index (χ2n) is 4.21. The smallest absolute Gasteiger partial charge is 0.372 e. The molecule has 0 aliphatic heterocycles. The quantitative estimate of drug-likeness (QED) is 0.877. The minimum absolute atomic E-state index is 0.103. The molecule has 0 bridgehead atoms. The maximum atomic E-state index is 10.9. The first-order valence-electron chi connectivity index (χ1n) is 6.25. The van der Waals surface area contributed by atoms with Gasteiger partial charge in [-0.25, -0.2) is 4.79 Å². The van der Waals surface area contributed by atoms with Gasteiger partial charge in [0.1, 0.15) is 6.61 Å². The number of ether oxygens (including phenoxy) is 2. The fourth-order valence-electron chi connectivity index (χ4n) is 1.84. The fraction of sp³-hybridized carbons (Fsp3) is 0.267. The number of hydrogen-bond acceptors (Lipinski definition) is 4. The van der Waals surface area contributed by atoms with Crippen molar-refractivity contribution in [3.63, 3.8) is 0 Å². The van der Waals surface area contributed by atoms with Gasteiger partial charge in [0, 0.05) is 5.56 Å². The minimum atomic E-state index is -1.11. The maximum Gasteiger partial charge on any atom is 0.372 e. The first-order chi connectivity index (χ1) is 9.65. The molecule has 5 heteroatoms. The molecule has 5 nitrogen and oxygen atoms in total. The molecule has 0 fully saturated rings. The molecule has 0 amide bonds. The lowest BCUT2D eigenvalue weighted by Gasteiger charge is -2.11. The van der Waals surface area contributed by atoms with Crippen LogP contribution in [0.15, 0.2) is 34.9 Å². The van der Waals surface area contributed by atoms with Crippen molar-refractivity contribution in [1.29, 1.82) is 0 Å². The van der Waals surface area contributed by atoms with Gasteiger partial charge in [0.2, 0.25) is 5.76 Å². The molecule has 1 aromatic carbocycles. The standard InChI is InChI=1S/C15H16O5/c1-3-10-4-5-12(13(8-10)18-2)20-9-11-6-7-19-14(11)15(16)17/h4-8H,3,9H2,1-2H3,(H,16,17). The van der Waals surface area contributed by atoms with Crippen LogP contribution >= 0.6 is 0 Å². The fourth-order valence-corrected chi connectivity index (χ4v) is 1.84. The molecular formula is C15H16O5. The molecule has 0 saturated heterocycles. The van der Waals surface area contributed by atoms with Crippen molar-refractivity contribution in [2.75, 3.05) is 7.11 Å². The molecule has 1 N–H and O–H groups in total. The van der Waals surface area contributed by atoms with Gasteiger partial charge in [0.15, 0.2) is 11.5 Å². The van der Waals surface area contributed by atoms with E-state index in [4.69, 9.17) is 19.0 Å². The normalized spacial score (nSPS) is 10.3. The van der Waals surface area contributed by atoms with Crippen molar-refractivity contribution in [2.45, 2.75) is 20.0 Å². The summed E-state index contributed by atoms with van der Waals surface area (Å²) in [6.07, 6.45) is 2.24. The lowest BCUT2D eigenvalue weighted by molar-refractivity contribution is 0.0658. The molecule has 2 rings (SSSR count). The van der Waals surface area contributed by atoms with Crippen LogP contribution in [0.4, 0.5) is 0 Å². The van der Waals surface area contributed by atoms with Crippen LogP contribution in [0.3, 0.4) is 0 Å². The highest BCUT2D eigenvalue weighted by Crippen LogP contribution is 2.29. The Labute approximate surface area is 116 Å². The SMILES string of the molecule is CCc1ccc(OCc2ccoc2C(=O)O)c(OC)c1. The van der Waals surface area contributed by atoms with Gasteiger partial charge in [0.25, 0.3) is 0 Å². The van der Waals surface area contributed by atoms with Gasteiger partial charge < -0.3 is 19.0 Å². The van der Waals surface area contributed by atoms with Gasteiger partial charge in [-0.1, -0.05) is 13.0 Å². The molecule has 0 saturated carbocycles. The Balaban J connectivity index is 2.14. The van der Waals surface area contributed by atoms with Gasteiger partial charge in [-0.05, 0) is 30.2 Å². The van der Waals surface area contributed by atoms with Crippen LogP contribution < -0.4 is 9.47 Å². The third-order valence-corrected chi connectivity index (χ3v) is 2.96. The molecular weight excluding hydrogens is 260 g/mol. The number of rotatable bonds is 6. The monoisotopic (exact) mass is 276 g/mol. The van der Waals surface area contributed by atoms with Gasteiger partial charge in [-0.3, -0.25) is 0 Å². The van der Waals surface area contributed by atoms with E-state index in [0.29, 0.717) is 17.1 Å². The Bertz CT molecular complexity index is 600. The molecule has 0 spiro atoms. The van der Waals surface area contributed by atoms with Gasteiger partial charge >= 0.3 is 5.97 Å². The summed E-state index contributed by atoms with van der Waals surface area (Å²) in [6, 6.07) is 7.25. The molecule has 0 unspecified atom stereocenters. The topological polar surface area (TPSA) is 68.9 Å². The van der Waals surface area contributed by atoms with Crippen molar-refractivity contribution < 1.29 is 23.8 Å². The highest BCUT2D eigenvalue weighted by atomic mass is 16.5. The Morgan fingerprint density at radius 1 is 1.30 bits per heavy atom. The molecule has 1 heterocycles. The van der Waals surface area contributed by atoms with Crippen LogP contribution in [-0.4, -0.2) is 18.2 Å². The summed E-state index contributed by atoms with van der Waals surface area (Å²) in [5.41, 5.74) is 1.63. The van der Waals surface area contributed by atoms with E-state index in [1.54, 1.807) is 13.2 Å². The lowest BCUT2D eigenvalue weighted by atomic mass is 10.1. The summed E-state index contributed by atoms with van der Waals surface area (Å²) >= 11 is 0. The van der Waals surface area contributed by atoms with Crippen LogP contribution in [0.5, 0.6) is 11.5 Å². The zero-order chi connectivity index (χ0) is 14.5. The number of hydrogen-bond donors (Lipinski definition) is 1. The second kappa shape index (κ2) is 6.14. The highest BCUT2D eigenvalue weighted by molar-refractivity contribution is 5.86. The molecule has 0 aliphatic rings. The number of aryl methyl sites for hydroxylation is 1. The third-order valence-electron chi connectivity index (χ3n) is 2.96. The van der Waals surface area contributed by atoms with E-state index in [1.807, 2.05) is 18.2 Å². The van der Waals surface area contributed by atoms with E-state index < -0.39 is 5.97 Å². The summed E-state index contributed by atoms with van der Waals surface area (Å²) in [7, 11) is 1.57. The number of carbonyl (C=O) groups is 1. The van der Waals surface area contributed by atoms with E-state index in [0.717, 1.165) is 12.0 Å². The van der Waals surface area contributed by atoms with Crippen molar-refractivity contribution in [3.05, 3.63) is 47.4 Å². The summed E-state index contributed by atoms with van der Waals surface area (Å²) in [6.45, 7) is 2.17. The second-order valence-corrected chi connectivity index (χ2v) is 4.21. The first-order valence-corrected chi connectivity index (χ1v) is 6.25. The Kier molecular flexibility index (Phi) is 4.30. The lowest BCUT2D eigenvalue weighted by Crippen LogP contribution is -2.03. The van der Waals surface area contributed by atoms with Crippen molar-refractivity contribution in [1.82, 2.24) is 0 Å². The predicted octanol–water partition coefficient (Wildman–Crippen LogP) is 3.13. The largest absolute Gasteiger partial charge is 0.493 e. The van der Waals surface area contributed by atoms with Gasteiger partial charge in [-0.15, -0.1) is 0 Å². The number of methoxy groups -OCH3 is 1. The molecule has 106 valence electrons. The average Bonchev–Trinajstić information content (AvgIpc) is 2.93. The zero-order valence-electron chi connectivity index (χ0n) is 11.4. The van der Waals surface area contributed by atoms with Crippen LogP contribution in [0.1, 0.15) is 28.6 Å². The van der Waals surface area contributed by atoms with E-state index in [-0.39, 0.29) is 12.4 Å². The number of aromatic carboxylic acids is 1. The zero-order valence-corrected chi connectivity index (χ0v) is 11.4. The Hall–Kier alpha value is -2.43. The average molecular weight is 276 g/mol. The summed E-state index contributed by atoms with van der Waals surface area (Å²) in [5.74, 6) is -0.0111. The molecule has 0 aliphatic carbocycles. The van der Waals surface area contributed by atoms with Crippen LogP contribution in [0.25, 0.3) is 0 Å². The molecule has 20 heavy (non-hydrogen) atoms. The third kappa shape index (κ3) is 2.93. The number of furan rings is 1. The molecule has 0 radical (unpaired) electrons. The Morgan fingerprint density at radius 3 is 2.75 bits per heavy atom. The maximum absolute atomic E-state index is 10.9. The molecule has 1 aromatic heterocycles. The Morgan fingerprint density at radius 2 is 2.10 bits per heavy atom. The molecule has 0 atom stereocenters. The van der Waals surface area contributed by atoms with E-state index in [9.17, 15) is 4.79 Å². The summed E-state index contributed by atoms with van der Waals surface area (Å²) in [5, 5.41) is 8.95. The van der Waals surface area contributed by atoms with Crippen LogP contribution in [-0.2, 0) is 13.0 Å². The minimum Gasteiger partial charge on any atom is -0.493 e. The molecule has 2 aromatic rings. The first kappa shape index (κ1) is 14.0. The number of carboxylic acids is 1. The van der Waals surface area contributed by atoms with E-state index >= 15 is 0 Å². The van der Waals surface area contributed by atoms with E-state index in [1.165, 1.54) is 6.26 Å². The van der Waals surface area contributed by atoms with Crippen molar-refractivity contribution in [3.8, 4) is 11.5 Å². The van der Waals surface area contributed by atoms with Crippen LogP contribution in [0, 0.1) is 0 Å². The van der Waals surface area contributed by atoms with Gasteiger partial charge in [-0.2, -0.15) is 0 Å². The van der Waals surface area contributed by atoms with Crippen molar-refractivity contribution >= 4 is 5.97 Å². The van der Waals surface area contributed by atoms with Gasteiger partial charge in [0.05, 0.1) is 13.4 Å². The summed E-state index contributed by atoms with van der Waals surface area (Å²) < 4.78 is 15.8. The van der Waals surface area contributed by atoms with Crippen LogP contribution in [0.2, 0.25) is 0 Å². The van der Waals surface area contributed by atoms with Crippen molar-refractivity contribution in [2.24, 2.45) is 0 Å². The highest BCUT2D eigenvalue weighted by Gasteiger charge is 2.15. The number of carboxylic acid groups (broad SMARTS) is 1.